The van der Waals surface area contributed by atoms with Crippen molar-refractivity contribution in [2.45, 2.75) is 46.2 Å². The number of rotatable bonds is 4. The predicted molar refractivity (Wildman–Crippen MR) is 97.6 cm³/mol. The summed E-state index contributed by atoms with van der Waals surface area (Å²) in [4.78, 5) is 14.8. The zero-order chi connectivity index (χ0) is 18.0. The van der Waals surface area contributed by atoms with E-state index in [-0.39, 0.29) is 18.6 Å². The van der Waals surface area contributed by atoms with Crippen LogP contribution in [0.15, 0.2) is 30.3 Å². The van der Waals surface area contributed by atoms with Crippen molar-refractivity contribution in [3.8, 4) is 0 Å². The third-order valence-electron chi connectivity index (χ3n) is 5.17. The number of aryl methyl sites for hydroxylation is 2. The number of benzene rings is 1. The average molecular weight is 341 g/mol. The monoisotopic (exact) mass is 341 g/mol. The van der Waals surface area contributed by atoms with E-state index < -0.39 is 0 Å². The molecule has 0 radical (unpaired) electrons. The van der Waals surface area contributed by atoms with Gasteiger partial charge in [0.15, 0.2) is 0 Å². The van der Waals surface area contributed by atoms with Gasteiger partial charge in [-0.3, -0.25) is 9.48 Å². The van der Waals surface area contributed by atoms with Crippen LogP contribution in [0.25, 0.3) is 0 Å². The number of aromatic nitrogens is 2. The van der Waals surface area contributed by atoms with Gasteiger partial charge < -0.3 is 10.0 Å². The second-order valence-electron chi connectivity index (χ2n) is 7.15. The molecule has 1 aromatic carbocycles. The molecule has 134 valence electrons. The molecule has 0 bridgehead atoms. The number of aliphatic hydroxyl groups excluding tert-OH is 1. The quantitative estimate of drug-likeness (QED) is 0.930. The Balaban J connectivity index is 1.80. The van der Waals surface area contributed by atoms with Crippen molar-refractivity contribution in [2.75, 3.05) is 13.2 Å². The molecule has 25 heavy (non-hydrogen) atoms. The number of piperidine rings is 1. The summed E-state index contributed by atoms with van der Waals surface area (Å²) in [6.07, 6.45) is 2.06. The molecule has 1 aromatic heterocycles. The minimum atomic E-state index is -0.0825. The molecule has 2 heterocycles. The fraction of sp³-hybridized carbons (Fsp3) is 0.500. The molecule has 1 aliphatic rings. The van der Waals surface area contributed by atoms with Crippen molar-refractivity contribution in [1.29, 1.82) is 0 Å². The highest BCUT2D eigenvalue weighted by Crippen LogP contribution is 2.25. The summed E-state index contributed by atoms with van der Waals surface area (Å²) < 4.78 is 1.96. The van der Waals surface area contributed by atoms with Crippen molar-refractivity contribution in [2.24, 2.45) is 5.92 Å². The number of carbonyl (C=O) groups excluding carboxylic acids is 1. The molecule has 0 aliphatic carbocycles. The number of carbonyl (C=O) groups is 1. The van der Waals surface area contributed by atoms with Crippen molar-refractivity contribution in [3.05, 3.63) is 52.8 Å². The summed E-state index contributed by atoms with van der Waals surface area (Å²) in [6, 6.07) is 9.73. The number of amides is 1. The molecule has 5 heteroatoms. The van der Waals surface area contributed by atoms with Gasteiger partial charge >= 0.3 is 0 Å². The lowest BCUT2D eigenvalue weighted by Crippen LogP contribution is -2.49. The van der Waals surface area contributed by atoms with Gasteiger partial charge in [0.05, 0.1) is 24.9 Å². The minimum absolute atomic E-state index is 0.0146. The molecule has 2 atom stereocenters. The van der Waals surface area contributed by atoms with Crippen LogP contribution in [0.3, 0.4) is 0 Å². The van der Waals surface area contributed by atoms with E-state index in [9.17, 15) is 9.90 Å². The Morgan fingerprint density at radius 1 is 1.32 bits per heavy atom. The highest BCUT2D eigenvalue weighted by Gasteiger charge is 2.31. The molecule has 0 spiro atoms. The van der Waals surface area contributed by atoms with Gasteiger partial charge in [0.25, 0.3) is 5.91 Å². The highest BCUT2D eigenvalue weighted by atomic mass is 16.3. The maximum atomic E-state index is 13.0. The van der Waals surface area contributed by atoms with E-state index in [1.54, 1.807) is 0 Å². The standard InChI is InChI=1S/C20H27N3O2/c1-14-6-5-9-22(19(14)13-24)20(25)18-8-4-7-17(11-18)12-23-16(3)10-15(2)21-23/h4,7-8,10-11,14,19,24H,5-6,9,12-13H2,1-3H3. The third kappa shape index (κ3) is 3.76. The van der Waals surface area contributed by atoms with Gasteiger partial charge in [-0.1, -0.05) is 19.1 Å². The van der Waals surface area contributed by atoms with Crippen LogP contribution in [0.5, 0.6) is 0 Å². The predicted octanol–water partition coefficient (Wildman–Crippen LogP) is 2.78. The first kappa shape index (κ1) is 17.7. The molecule has 2 unspecified atom stereocenters. The van der Waals surface area contributed by atoms with Crippen molar-refractivity contribution in [3.63, 3.8) is 0 Å². The molecule has 5 nitrogen and oxygen atoms in total. The Morgan fingerprint density at radius 2 is 2.12 bits per heavy atom. The minimum Gasteiger partial charge on any atom is -0.394 e. The third-order valence-corrected chi connectivity index (χ3v) is 5.17. The van der Waals surface area contributed by atoms with Gasteiger partial charge in [0.1, 0.15) is 0 Å². The second kappa shape index (κ2) is 7.40. The normalized spacial score (nSPS) is 20.7. The van der Waals surface area contributed by atoms with Gasteiger partial charge in [-0.25, -0.2) is 0 Å². The molecular weight excluding hydrogens is 314 g/mol. The first-order valence-electron chi connectivity index (χ1n) is 9.01. The molecule has 1 N–H and O–H groups in total. The lowest BCUT2D eigenvalue weighted by Gasteiger charge is -2.39. The molecule has 1 amide bonds. The van der Waals surface area contributed by atoms with Crippen molar-refractivity contribution < 1.29 is 9.90 Å². The lowest BCUT2D eigenvalue weighted by molar-refractivity contribution is 0.0358. The molecule has 1 fully saturated rings. The number of nitrogens with zero attached hydrogens (tertiary/aromatic N) is 3. The van der Waals surface area contributed by atoms with E-state index >= 15 is 0 Å². The van der Waals surface area contributed by atoms with E-state index in [4.69, 9.17) is 0 Å². The first-order valence-corrected chi connectivity index (χ1v) is 9.01. The van der Waals surface area contributed by atoms with Crippen molar-refractivity contribution in [1.82, 2.24) is 14.7 Å². The maximum Gasteiger partial charge on any atom is 0.254 e. The van der Waals surface area contributed by atoms with Crippen LogP contribution in [0.2, 0.25) is 0 Å². The van der Waals surface area contributed by atoms with E-state index in [0.29, 0.717) is 18.0 Å². The SMILES string of the molecule is Cc1cc(C)n(Cc2cccc(C(=O)N3CCCC(C)C3CO)c2)n1. The summed E-state index contributed by atoms with van der Waals surface area (Å²) in [5.41, 5.74) is 3.85. The number of aliphatic hydroxyl groups is 1. The smallest absolute Gasteiger partial charge is 0.254 e. The maximum absolute atomic E-state index is 13.0. The fourth-order valence-electron chi connectivity index (χ4n) is 3.76. The number of hydrogen-bond donors (Lipinski definition) is 1. The molecule has 3 rings (SSSR count). The summed E-state index contributed by atoms with van der Waals surface area (Å²) in [5, 5.41) is 14.2. The van der Waals surface area contributed by atoms with E-state index in [1.165, 1.54) is 0 Å². The first-order chi connectivity index (χ1) is 12.0. The summed E-state index contributed by atoms with van der Waals surface area (Å²) in [5.74, 6) is 0.349. The van der Waals surface area contributed by atoms with Crippen LogP contribution in [0.1, 0.15) is 47.1 Å². The Bertz CT molecular complexity index is 753. The zero-order valence-corrected chi connectivity index (χ0v) is 15.3. The Labute approximate surface area is 149 Å². The summed E-state index contributed by atoms with van der Waals surface area (Å²) >= 11 is 0. The average Bonchev–Trinajstić information content (AvgIpc) is 2.91. The topological polar surface area (TPSA) is 58.4 Å². The number of likely N-dealkylation sites (tertiary alicyclic amines) is 1. The molecule has 2 aromatic rings. The number of hydrogen-bond acceptors (Lipinski definition) is 3. The second-order valence-corrected chi connectivity index (χ2v) is 7.15. The fourth-order valence-corrected chi connectivity index (χ4v) is 3.76. The van der Waals surface area contributed by atoms with Crippen LogP contribution < -0.4 is 0 Å². The van der Waals surface area contributed by atoms with Gasteiger partial charge in [0.2, 0.25) is 0 Å². The van der Waals surface area contributed by atoms with Gasteiger partial charge in [0, 0.05) is 17.8 Å². The van der Waals surface area contributed by atoms with E-state index in [0.717, 1.165) is 36.3 Å². The van der Waals surface area contributed by atoms with Gasteiger partial charge in [-0.15, -0.1) is 0 Å². The zero-order valence-electron chi connectivity index (χ0n) is 15.3. The van der Waals surface area contributed by atoms with Crippen LogP contribution in [-0.4, -0.2) is 44.9 Å². The largest absolute Gasteiger partial charge is 0.394 e. The van der Waals surface area contributed by atoms with Gasteiger partial charge in [-0.05, 0) is 56.4 Å². The molecule has 0 saturated carbocycles. The Kier molecular flexibility index (Phi) is 5.23. The van der Waals surface area contributed by atoms with Gasteiger partial charge in [-0.2, -0.15) is 5.10 Å². The molecule has 1 saturated heterocycles. The van der Waals surface area contributed by atoms with Crippen LogP contribution >= 0.6 is 0 Å². The van der Waals surface area contributed by atoms with Crippen molar-refractivity contribution >= 4 is 5.91 Å². The Morgan fingerprint density at radius 3 is 2.80 bits per heavy atom. The van der Waals surface area contributed by atoms with Crippen LogP contribution in [0.4, 0.5) is 0 Å². The van der Waals surface area contributed by atoms with E-state index in [1.807, 2.05) is 47.7 Å². The molecular formula is C20H27N3O2. The summed E-state index contributed by atoms with van der Waals surface area (Å²) in [7, 11) is 0. The van der Waals surface area contributed by atoms with Crippen LogP contribution in [0, 0.1) is 19.8 Å². The summed E-state index contributed by atoms with van der Waals surface area (Å²) in [6.45, 7) is 7.53. The lowest BCUT2D eigenvalue weighted by atomic mass is 9.90. The Hall–Kier alpha value is -2.14. The highest BCUT2D eigenvalue weighted by molar-refractivity contribution is 5.94. The van der Waals surface area contributed by atoms with E-state index in [2.05, 4.69) is 18.1 Å². The molecule has 1 aliphatic heterocycles. The van der Waals surface area contributed by atoms with Crippen LogP contribution in [-0.2, 0) is 6.54 Å².